The zero-order valence-electron chi connectivity index (χ0n) is 9.96. The van der Waals surface area contributed by atoms with Gasteiger partial charge in [-0.3, -0.25) is 0 Å². The maximum Gasteiger partial charge on any atom is 0.169 e. The SMILES string of the molecule is COCCCN(C)c1c(N)cc(N)c(Cl)c1F. The van der Waals surface area contributed by atoms with Gasteiger partial charge in [-0.05, 0) is 12.5 Å². The van der Waals surface area contributed by atoms with Crippen LogP contribution in [0.25, 0.3) is 0 Å². The Labute approximate surface area is 105 Å². The molecule has 4 nitrogen and oxygen atoms in total. The number of nitrogen functional groups attached to an aromatic ring is 2. The Balaban J connectivity index is 2.93. The van der Waals surface area contributed by atoms with Crippen molar-refractivity contribution >= 4 is 28.7 Å². The molecule has 0 fully saturated rings. The number of nitrogens with zero attached hydrogens (tertiary/aromatic N) is 1. The third kappa shape index (κ3) is 3.14. The molecule has 6 heteroatoms. The number of benzene rings is 1. The Morgan fingerprint density at radius 1 is 1.41 bits per heavy atom. The van der Waals surface area contributed by atoms with Crippen molar-refractivity contribution in [3.8, 4) is 0 Å². The summed E-state index contributed by atoms with van der Waals surface area (Å²) in [5, 5.41) is -0.0900. The number of nitrogens with two attached hydrogens (primary N) is 2. The van der Waals surface area contributed by atoms with E-state index in [-0.39, 0.29) is 22.1 Å². The predicted molar refractivity (Wildman–Crippen MR) is 70.0 cm³/mol. The number of halogens is 2. The van der Waals surface area contributed by atoms with E-state index in [2.05, 4.69) is 0 Å². The van der Waals surface area contributed by atoms with Crippen LogP contribution in [0.2, 0.25) is 5.02 Å². The first-order chi connectivity index (χ1) is 7.99. The molecule has 0 bridgehead atoms. The average Bonchev–Trinajstić information content (AvgIpc) is 2.26. The quantitative estimate of drug-likeness (QED) is 0.629. The Morgan fingerprint density at radius 2 is 2.06 bits per heavy atom. The van der Waals surface area contributed by atoms with Crippen LogP contribution in [0.1, 0.15) is 6.42 Å². The van der Waals surface area contributed by atoms with E-state index in [1.165, 1.54) is 6.07 Å². The smallest absolute Gasteiger partial charge is 0.169 e. The van der Waals surface area contributed by atoms with Crippen molar-refractivity contribution in [1.82, 2.24) is 0 Å². The molecule has 0 aliphatic heterocycles. The van der Waals surface area contributed by atoms with E-state index in [0.717, 1.165) is 6.42 Å². The first-order valence-corrected chi connectivity index (χ1v) is 5.59. The van der Waals surface area contributed by atoms with E-state index in [1.807, 2.05) is 0 Å². The molecule has 1 rings (SSSR count). The van der Waals surface area contributed by atoms with Crippen molar-refractivity contribution < 1.29 is 9.13 Å². The number of ether oxygens (including phenoxy) is 1. The van der Waals surface area contributed by atoms with Gasteiger partial charge in [-0.1, -0.05) is 11.6 Å². The van der Waals surface area contributed by atoms with Crippen LogP contribution in [-0.4, -0.2) is 27.3 Å². The number of hydrogen-bond acceptors (Lipinski definition) is 4. The van der Waals surface area contributed by atoms with E-state index in [4.69, 9.17) is 27.8 Å². The van der Waals surface area contributed by atoms with Crippen LogP contribution in [0.5, 0.6) is 0 Å². The van der Waals surface area contributed by atoms with E-state index in [1.54, 1.807) is 19.1 Å². The van der Waals surface area contributed by atoms with Crippen molar-refractivity contribution in [2.24, 2.45) is 0 Å². The lowest BCUT2D eigenvalue weighted by atomic mass is 10.2. The Kier molecular flexibility index (Phi) is 4.84. The highest BCUT2D eigenvalue weighted by Gasteiger charge is 2.17. The van der Waals surface area contributed by atoms with Crippen molar-refractivity contribution in [3.63, 3.8) is 0 Å². The minimum Gasteiger partial charge on any atom is -0.397 e. The maximum absolute atomic E-state index is 13.9. The summed E-state index contributed by atoms with van der Waals surface area (Å²) in [6, 6.07) is 1.47. The molecule has 0 aliphatic rings. The Morgan fingerprint density at radius 3 is 2.65 bits per heavy atom. The van der Waals surface area contributed by atoms with Crippen molar-refractivity contribution in [1.29, 1.82) is 0 Å². The fourth-order valence-electron chi connectivity index (χ4n) is 1.60. The lowest BCUT2D eigenvalue weighted by Crippen LogP contribution is -2.22. The van der Waals surface area contributed by atoms with Crippen LogP contribution in [-0.2, 0) is 4.74 Å². The van der Waals surface area contributed by atoms with Gasteiger partial charge in [0.15, 0.2) is 5.82 Å². The van der Waals surface area contributed by atoms with Gasteiger partial charge in [0.1, 0.15) is 5.02 Å². The molecule has 0 atom stereocenters. The highest BCUT2D eigenvalue weighted by atomic mass is 35.5. The first kappa shape index (κ1) is 13.9. The summed E-state index contributed by atoms with van der Waals surface area (Å²) in [6.45, 7) is 1.23. The second-order valence-electron chi connectivity index (χ2n) is 3.80. The third-order valence-electron chi connectivity index (χ3n) is 2.46. The molecule has 0 unspecified atom stereocenters. The van der Waals surface area contributed by atoms with Crippen LogP contribution >= 0.6 is 11.6 Å². The minimum absolute atomic E-state index is 0.0900. The van der Waals surface area contributed by atoms with Crippen molar-refractivity contribution in [2.75, 3.05) is 43.7 Å². The van der Waals surface area contributed by atoms with Gasteiger partial charge in [0.2, 0.25) is 0 Å². The van der Waals surface area contributed by atoms with Crippen LogP contribution in [0.15, 0.2) is 6.07 Å². The second-order valence-corrected chi connectivity index (χ2v) is 4.18. The summed E-state index contributed by atoms with van der Waals surface area (Å²) in [7, 11) is 3.37. The normalized spacial score (nSPS) is 10.6. The number of anilines is 3. The lowest BCUT2D eigenvalue weighted by molar-refractivity contribution is 0.196. The van der Waals surface area contributed by atoms with E-state index < -0.39 is 5.82 Å². The van der Waals surface area contributed by atoms with Crippen LogP contribution in [0.4, 0.5) is 21.5 Å². The van der Waals surface area contributed by atoms with Crippen molar-refractivity contribution in [3.05, 3.63) is 16.9 Å². The highest BCUT2D eigenvalue weighted by Crippen LogP contribution is 2.35. The standard InChI is InChI=1S/C11H17ClFN3O/c1-16(4-3-5-17-2)11-8(15)6-7(14)9(12)10(11)13/h6H,3-5,14-15H2,1-2H3. The van der Waals surface area contributed by atoms with Crippen molar-refractivity contribution in [2.45, 2.75) is 6.42 Å². The Hall–Kier alpha value is -1.20. The van der Waals surface area contributed by atoms with Gasteiger partial charge < -0.3 is 21.1 Å². The molecule has 0 saturated heterocycles. The van der Waals surface area contributed by atoms with E-state index >= 15 is 0 Å². The second kappa shape index (κ2) is 5.93. The molecule has 0 spiro atoms. The Bertz CT molecular complexity index is 401. The van der Waals surface area contributed by atoms with Crippen LogP contribution in [0, 0.1) is 5.82 Å². The van der Waals surface area contributed by atoms with Gasteiger partial charge in [0, 0.05) is 27.3 Å². The summed E-state index contributed by atoms with van der Waals surface area (Å²) in [5.41, 5.74) is 12.0. The molecule has 1 aromatic carbocycles. The van der Waals surface area contributed by atoms with Gasteiger partial charge in [0.25, 0.3) is 0 Å². The first-order valence-electron chi connectivity index (χ1n) is 5.22. The van der Waals surface area contributed by atoms with Gasteiger partial charge in [-0.2, -0.15) is 0 Å². The van der Waals surface area contributed by atoms with Gasteiger partial charge in [-0.25, -0.2) is 4.39 Å². The van der Waals surface area contributed by atoms with Gasteiger partial charge >= 0.3 is 0 Å². The molecule has 4 N–H and O–H groups in total. The molecular weight excluding hydrogens is 245 g/mol. The fraction of sp³-hybridized carbons (Fsp3) is 0.455. The maximum atomic E-state index is 13.9. The molecule has 0 amide bonds. The largest absolute Gasteiger partial charge is 0.397 e. The average molecular weight is 262 g/mol. The molecule has 17 heavy (non-hydrogen) atoms. The summed E-state index contributed by atoms with van der Waals surface area (Å²) in [5.74, 6) is -0.580. The molecular formula is C11H17ClFN3O. The number of methoxy groups -OCH3 is 1. The summed E-state index contributed by atoms with van der Waals surface area (Å²) >= 11 is 5.75. The summed E-state index contributed by atoms with van der Waals surface area (Å²) in [6.07, 6.45) is 0.772. The third-order valence-corrected chi connectivity index (χ3v) is 2.85. The highest BCUT2D eigenvalue weighted by molar-refractivity contribution is 6.33. The number of rotatable bonds is 5. The number of hydrogen-bond donors (Lipinski definition) is 2. The monoisotopic (exact) mass is 261 g/mol. The molecule has 0 saturated carbocycles. The van der Waals surface area contributed by atoms with Gasteiger partial charge in [-0.15, -0.1) is 0 Å². The van der Waals surface area contributed by atoms with E-state index in [0.29, 0.717) is 13.2 Å². The molecule has 0 aromatic heterocycles. The molecule has 1 aromatic rings. The molecule has 96 valence electrons. The van der Waals surface area contributed by atoms with Gasteiger partial charge in [0.05, 0.1) is 17.1 Å². The fourth-order valence-corrected chi connectivity index (χ4v) is 1.75. The molecule has 0 radical (unpaired) electrons. The van der Waals surface area contributed by atoms with Crippen LogP contribution in [0.3, 0.4) is 0 Å². The molecule has 0 heterocycles. The lowest BCUT2D eigenvalue weighted by Gasteiger charge is -2.22. The zero-order valence-corrected chi connectivity index (χ0v) is 10.7. The summed E-state index contributed by atoms with van der Waals surface area (Å²) < 4.78 is 18.9. The summed E-state index contributed by atoms with van der Waals surface area (Å²) in [4.78, 5) is 1.70. The predicted octanol–water partition coefficient (Wildman–Crippen LogP) is 2.12. The minimum atomic E-state index is -0.580. The van der Waals surface area contributed by atoms with E-state index in [9.17, 15) is 4.39 Å². The van der Waals surface area contributed by atoms with Crippen LogP contribution < -0.4 is 16.4 Å². The zero-order chi connectivity index (χ0) is 13.0. The molecule has 0 aliphatic carbocycles. The topological polar surface area (TPSA) is 64.5 Å².